The minimum atomic E-state index is -1.05. The summed E-state index contributed by atoms with van der Waals surface area (Å²) in [6, 6.07) is 10.5. The molecule has 1 N–H and O–H groups in total. The van der Waals surface area contributed by atoms with Crippen LogP contribution < -0.4 is 0 Å². The lowest BCUT2D eigenvalue weighted by Gasteiger charge is -2.04. The molecule has 0 unspecified atom stereocenters. The fourth-order valence-electron chi connectivity index (χ4n) is 1.66. The van der Waals surface area contributed by atoms with E-state index in [2.05, 4.69) is 0 Å². The first kappa shape index (κ1) is 13.0. The molecule has 0 aliphatic rings. The molecule has 5 nitrogen and oxygen atoms in total. The van der Waals surface area contributed by atoms with Crippen LogP contribution in [-0.2, 0) is 0 Å². The maximum atomic E-state index is 10.9. The average Bonchev–Trinajstić information content (AvgIpc) is 2.39. The first-order chi connectivity index (χ1) is 8.99. The molecule has 0 atom stereocenters. The van der Waals surface area contributed by atoms with E-state index >= 15 is 0 Å². The van der Waals surface area contributed by atoms with Gasteiger partial charge in [0.25, 0.3) is 5.69 Å². The number of carbonyl (C=O) groups is 1. The van der Waals surface area contributed by atoms with Crippen molar-refractivity contribution in [2.75, 3.05) is 0 Å². The molecule has 19 heavy (non-hydrogen) atoms. The van der Waals surface area contributed by atoms with Gasteiger partial charge >= 0.3 is 5.97 Å². The Hall–Kier alpha value is -2.40. The zero-order chi connectivity index (χ0) is 14.0. The quantitative estimate of drug-likeness (QED) is 0.686. The van der Waals surface area contributed by atoms with E-state index in [1.165, 1.54) is 24.3 Å². The summed E-state index contributed by atoms with van der Waals surface area (Å²) in [6.45, 7) is 0. The zero-order valence-electron chi connectivity index (χ0n) is 9.54. The number of hydrogen-bond acceptors (Lipinski definition) is 3. The topological polar surface area (TPSA) is 80.4 Å². The Morgan fingerprint density at radius 2 is 1.84 bits per heavy atom. The van der Waals surface area contributed by atoms with E-state index in [1.807, 2.05) is 0 Å². The third-order valence-corrected chi connectivity index (χ3v) is 2.91. The molecule has 0 fully saturated rings. The van der Waals surface area contributed by atoms with Gasteiger partial charge in [0, 0.05) is 6.07 Å². The van der Waals surface area contributed by atoms with Crippen molar-refractivity contribution < 1.29 is 14.8 Å². The third kappa shape index (κ3) is 2.71. The summed E-state index contributed by atoms with van der Waals surface area (Å²) in [7, 11) is 0. The van der Waals surface area contributed by atoms with Crippen molar-refractivity contribution in [3.63, 3.8) is 0 Å². The van der Waals surface area contributed by atoms with Gasteiger partial charge in [0.1, 0.15) is 5.02 Å². The molecule has 0 heterocycles. The van der Waals surface area contributed by atoms with E-state index in [0.29, 0.717) is 11.1 Å². The number of nitro groups is 1. The molecule has 0 saturated carbocycles. The summed E-state index contributed by atoms with van der Waals surface area (Å²) in [5.41, 5.74) is 1.04. The van der Waals surface area contributed by atoms with Gasteiger partial charge in [-0.1, -0.05) is 29.8 Å². The molecule has 2 rings (SSSR count). The highest BCUT2D eigenvalue weighted by molar-refractivity contribution is 6.32. The summed E-state index contributed by atoms with van der Waals surface area (Å²) in [4.78, 5) is 21.1. The van der Waals surface area contributed by atoms with E-state index in [1.54, 1.807) is 18.2 Å². The molecule has 2 aromatic carbocycles. The summed E-state index contributed by atoms with van der Waals surface area (Å²) in [5, 5.41) is 19.8. The van der Waals surface area contributed by atoms with Crippen LogP contribution in [0.4, 0.5) is 5.69 Å². The van der Waals surface area contributed by atoms with Crippen LogP contribution in [0.5, 0.6) is 0 Å². The van der Waals surface area contributed by atoms with Crippen molar-refractivity contribution in [1.29, 1.82) is 0 Å². The Labute approximate surface area is 113 Å². The van der Waals surface area contributed by atoms with E-state index in [-0.39, 0.29) is 16.3 Å². The van der Waals surface area contributed by atoms with Crippen molar-refractivity contribution in [3.8, 4) is 11.1 Å². The largest absolute Gasteiger partial charge is 0.478 e. The maximum Gasteiger partial charge on any atom is 0.335 e. The lowest BCUT2D eigenvalue weighted by atomic mass is 10.0. The summed E-state index contributed by atoms with van der Waals surface area (Å²) >= 11 is 5.72. The van der Waals surface area contributed by atoms with Crippen LogP contribution in [0, 0.1) is 10.1 Å². The maximum absolute atomic E-state index is 10.9. The molecular weight excluding hydrogens is 270 g/mol. The summed E-state index contributed by atoms with van der Waals surface area (Å²) in [5.74, 6) is -1.05. The molecule has 0 aliphatic carbocycles. The molecule has 0 aromatic heterocycles. The molecule has 0 bridgehead atoms. The van der Waals surface area contributed by atoms with Gasteiger partial charge < -0.3 is 5.11 Å². The monoisotopic (exact) mass is 277 g/mol. The number of nitrogens with zero attached hydrogens (tertiary/aromatic N) is 1. The number of hydrogen-bond donors (Lipinski definition) is 1. The highest BCUT2D eigenvalue weighted by atomic mass is 35.5. The summed E-state index contributed by atoms with van der Waals surface area (Å²) < 4.78 is 0. The normalized spacial score (nSPS) is 10.2. The number of rotatable bonds is 3. The third-order valence-electron chi connectivity index (χ3n) is 2.59. The van der Waals surface area contributed by atoms with Crippen molar-refractivity contribution in [3.05, 3.63) is 63.2 Å². The van der Waals surface area contributed by atoms with Crippen LogP contribution in [0.15, 0.2) is 42.5 Å². The van der Waals surface area contributed by atoms with Gasteiger partial charge in [0.05, 0.1) is 10.5 Å². The SMILES string of the molecule is O=C(O)c1cccc(-c2ccc(Cl)c([N+](=O)[O-])c2)c1. The Morgan fingerprint density at radius 3 is 2.47 bits per heavy atom. The van der Waals surface area contributed by atoms with Gasteiger partial charge in [-0.15, -0.1) is 0 Å². The molecule has 0 aliphatic heterocycles. The Morgan fingerprint density at radius 1 is 1.16 bits per heavy atom. The number of nitro benzene ring substituents is 1. The van der Waals surface area contributed by atoms with E-state index in [9.17, 15) is 14.9 Å². The van der Waals surface area contributed by atoms with Gasteiger partial charge in [-0.3, -0.25) is 10.1 Å². The zero-order valence-corrected chi connectivity index (χ0v) is 10.3. The van der Waals surface area contributed by atoms with E-state index in [0.717, 1.165) is 0 Å². The molecule has 0 saturated heterocycles. The Bertz CT molecular complexity index is 669. The average molecular weight is 278 g/mol. The highest BCUT2D eigenvalue weighted by Crippen LogP contribution is 2.30. The smallest absolute Gasteiger partial charge is 0.335 e. The van der Waals surface area contributed by atoms with Gasteiger partial charge in [0.15, 0.2) is 0 Å². The minimum Gasteiger partial charge on any atom is -0.478 e. The Balaban J connectivity index is 2.53. The summed E-state index contributed by atoms with van der Waals surface area (Å²) in [6.07, 6.45) is 0. The number of carboxylic acid groups (broad SMARTS) is 1. The standard InChI is InChI=1S/C13H8ClNO4/c14-11-5-4-9(7-12(11)15(18)19)8-2-1-3-10(6-8)13(16)17/h1-7H,(H,16,17). The fourth-order valence-corrected chi connectivity index (χ4v) is 1.85. The molecule has 0 amide bonds. The lowest BCUT2D eigenvalue weighted by molar-refractivity contribution is -0.384. The van der Waals surface area contributed by atoms with Crippen LogP contribution in [0.3, 0.4) is 0 Å². The van der Waals surface area contributed by atoms with Crippen molar-refractivity contribution in [2.24, 2.45) is 0 Å². The van der Waals surface area contributed by atoms with Crippen molar-refractivity contribution in [2.45, 2.75) is 0 Å². The molecular formula is C13H8ClNO4. The lowest BCUT2D eigenvalue weighted by Crippen LogP contribution is -1.96. The van der Waals surface area contributed by atoms with E-state index < -0.39 is 10.9 Å². The van der Waals surface area contributed by atoms with Crippen LogP contribution in [0.2, 0.25) is 5.02 Å². The second-order valence-corrected chi connectivity index (χ2v) is 4.22. The van der Waals surface area contributed by atoms with Gasteiger partial charge in [-0.25, -0.2) is 4.79 Å². The van der Waals surface area contributed by atoms with Crippen molar-refractivity contribution >= 4 is 23.3 Å². The van der Waals surface area contributed by atoms with Crippen molar-refractivity contribution in [1.82, 2.24) is 0 Å². The van der Waals surface area contributed by atoms with Gasteiger partial charge in [0.2, 0.25) is 0 Å². The first-order valence-electron chi connectivity index (χ1n) is 5.26. The number of halogens is 1. The number of aromatic carboxylic acids is 1. The van der Waals surface area contributed by atoms with Gasteiger partial charge in [-0.05, 0) is 29.3 Å². The van der Waals surface area contributed by atoms with E-state index in [4.69, 9.17) is 16.7 Å². The molecule has 0 spiro atoms. The second kappa shape index (κ2) is 5.07. The highest BCUT2D eigenvalue weighted by Gasteiger charge is 2.14. The predicted octanol–water partition coefficient (Wildman–Crippen LogP) is 3.61. The fraction of sp³-hybridized carbons (Fsp3) is 0. The molecule has 6 heteroatoms. The second-order valence-electron chi connectivity index (χ2n) is 3.81. The molecule has 0 radical (unpaired) electrons. The van der Waals surface area contributed by atoms with Crippen LogP contribution in [-0.4, -0.2) is 16.0 Å². The first-order valence-corrected chi connectivity index (χ1v) is 5.64. The number of carboxylic acids is 1. The van der Waals surface area contributed by atoms with Crippen LogP contribution in [0.25, 0.3) is 11.1 Å². The molecule has 2 aromatic rings. The van der Waals surface area contributed by atoms with Crippen LogP contribution >= 0.6 is 11.6 Å². The Kier molecular flexibility index (Phi) is 3.48. The molecule has 96 valence electrons. The predicted molar refractivity (Wildman–Crippen MR) is 70.5 cm³/mol. The van der Waals surface area contributed by atoms with Crippen LogP contribution in [0.1, 0.15) is 10.4 Å². The number of benzene rings is 2. The van der Waals surface area contributed by atoms with Gasteiger partial charge in [-0.2, -0.15) is 0 Å². The minimum absolute atomic E-state index is 0.0446.